The van der Waals surface area contributed by atoms with E-state index in [1.165, 1.54) is 24.1 Å². The van der Waals surface area contributed by atoms with Gasteiger partial charge in [0.25, 0.3) is 5.91 Å². The van der Waals surface area contributed by atoms with Crippen molar-refractivity contribution in [3.63, 3.8) is 0 Å². The van der Waals surface area contributed by atoms with Crippen LogP contribution in [0.3, 0.4) is 0 Å². The highest BCUT2D eigenvalue weighted by atomic mass is 35.5. The largest absolute Gasteiger partial charge is 0.433 e. The Bertz CT molecular complexity index is 1290. The number of alkyl halides is 3. The molecule has 4 rings (SSSR count). The highest BCUT2D eigenvalue weighted by Gasteiger charge is 2.37. The maximum absolute atomic E-state index is 13.8. The Morgan fingerprint density at radius 1 is 1.09 bits per heavy atom. The Labute approximate surface area is 184 Å². The van der Waals surface area contributed by atoms with Gasteiger partial charge in [0.15, 0.2) is 17.0 Å². The predicted molar refractivity (Wildman–Crippen MR) is 111 cm³/mol. The highest BCUT2D eigenvalue weighted by molar-refractivity contribution is 6.36. The number of rotatable bonds is 4. The molecule has 5 nitrogen and oxygen atoms in total. The topological polar surface area (TPSA) is 50.5 Å². The lowest BCUT2D eigenvalue weighted by molar-refractivity contribution is -0.142. The molecule has 10 heteroatoms. The van der Waals surface area contributed by atoms with E-state index in [2.05, 4.69) is 10.1 Å². The first-order chi connectivity index (χ1) is 15.1. The second kappa shape index (κ2) is 8.23. The molecule has 0 atom stereocenters. The Morgan fingerprint density at radius 3 is 2.38 bits per heavy atom. The number of aromatic nitrogens is 3. The number of benzene rings is 2. The molecule has 2 aromatic heterocycles. The Balaban J connectivity index is 1.81. The first kappa shape index (κ1) is 21.8. The molecular formula is C22H15ClF4N4O. The van der Waals surface area contributed by atoms with Crippen LogP contribution < -0.4 is 0 Å². The lowest BCUT2D eigenvalue weighted by Crippen LogP contribution is -2.27. The molecule has 0 bridgehead atoms. The van der Waals surface area contributed by atoms with E-state index in [0.717, 1.165) is 23.8 Å². The van der Waals surface area contributed by atoms with Crippen molar-refractivity contribution >= 4 is 23.2 Å². The summed E-state index contributed by atoms with van der Waals surface area (Å²) in [5, 5.41) is 3.54. The highest BCUT2D eigenvalue weighted by Crippen LogP contribution is 2.34. The first-order valence-electron chi connectivity index (χ1n) is 9.37. The smallest absolute Gasteiger partial charge is 0.336 e. The molecule has 2 aromatic carbocycles. The van der Waals surface area contributed by atoms with Gasteiger partial charge in [-0.15, -0.1) is 0 Å². The molecule has 0 aliphatic heterocycles. The van der Waals surface area contributed by atoms with Crippen molar-refractivity contribution in [1.29, 1.82) is 0 Å². The molecule has 4 aromatic rings. The molecule has 1 amide bonds. The number of hydrogen-bond donors (Lipinski definition) is 0. The monoisotopic (exact) mass is 462 g/mol. The van der Waals surface area contributed by atoms with Crippen LogP contribution in [0.25, 0.3) is 16.9 Å². The number of carbonyl (C=O) groups excluding carboxylic acids is 1. The van der Waals surface area contributed by atoms with E-state index in [-0.39, 0.29) is 34.2 Å². The van der Waals surface area contributed by atoms with Gasteiger partial charge in [0.2, 0.25) is 0 Å². The zero-order chi connectivity index (χ0) is 23.0. The molecule has 0 unspecified atom stereocenters. The average molecular weight is 463 g/mol. The molecule has 2 heterocycles. The maximum Gasteiger partial charge on any atom is 0.433 e. The molecule has 164 valence electrons. The van der Waals surface area contributed by atoms with E-state index >= 15 is 0 Å². The summed E-state index contributed by atoms with van der Waals surface area (Å²) in [7, 11) is 1.50. The first-order valence-corrected chi connectivity index (χ1v) is 9.75. The van der Waals surface area contributed by atoms with E-state index in [1.807, 2.05) is 30.3 Å². The van der Waals surface area contributed by atoms with Crippen LogP contribution in [0.1, 0.15) is 21.7 Å². The van der Waals surface area contributed by atoms with Crippen molar-refractivity contribution in [2.24, 2.45) is 0 Å². The Kier molecular flexibility index (Phi) is 5.60. The van der Waals surface area contributed by atoms with Crippen LogP contribution in [0.4, 0.5) is 17.6 Å². The number of halogens is 5. The molecule has 0 saturated heterocycles. The van der Waals surface area contributed by atoms with E-state index in [9.17, 15) is 22.4 Å². The van der Waals surface area contributed by atoms with Crippen LogP contribution in [0.5, 0.6) is 0 Å². The molecule has 0 saturated carbocycles. The summed E-state index contributed by atoms with van der Waals surface area (Å²) < 4.78 is 55.1. The Hall–Kier alpha value is -3.46. The third kappa shape index (κ3) is 4.16. The lowest BCUT2D eigenvalue weighted by Gasteiger charge is -2.16. The number of nitrogens with zero attached hydrogens (tertiary/aromatic N) is 4. The second-order valence-corrected chi connectivity index (χ2v) is 7.45. The molecule has 0 N–H and O–H groups in total. The molecule has 32 heavy (non-hydrogen) atoms. The van der Waals surface area contributed by atoms with Gasteiger partial charge in [-0.25, -0.2) is 13.9 Å². The number of amides is 1. The number of hydrogen-bond acceptors (Lipinski definition) is 3. The standard InChI is InChI=1S/C22H15ClF4N4O/c1-30(12-13-5-3-2-4-6-13)21(32)19-18(23)20-28-16(14-7-9-15(24)10-8-14)11-17(22(25,26)27)31(20)29-19/h2-11H,12H2,1H3. The third-order valence-corrected chi connectivity index (χ3v) is 5.12. The van der Waals surface area contributed by atoms with Crippen LogP contribution >= 0.6 is 11.6 Å². The summed E-state index contributed by atoms with van der Waals surface area (Å²) in [6.07, 6.45) is -4.80. The van der Waals surface area contributed by atoms with Crippen LogP contribution in [-0.4, -0.2) is 32.5 Å². The van der Waals surface area contributed by atoms with Gasteiger partial charge < -0.3 is 4.90 Å². The van der Waals surface area contributed by atoms with Gasteiger partial charge >= 0.3 is 6.18 Å². The fourth-order valence-electron chi connectivity index (χ4n) is 3.21. The van der Waals surface area contributed by atoms with E-state index in [1.54, 1.807) is 0 Å². The summed E-state index contributed by atoms with van der Waals surface area (Å²) in [5.74, 6) is -1.19. The predicted octanol–water partition coefficient (Wildman–Crippen LogP) is 5.48. The van der Waals surface area contributed by atoms with Crippen molar-refractivity contribution in [3.8, 4) is 11.3 Å². The van der Waals surface area contributed by atoms with E-state index in [0.29, 0.717) is 4.52 Å². The van der Waals surface area contributed by atoms with Crippen molar-refractivity contribution < 1.29 is 22.4 Å². The summed E-state index contributed by atoms with van der Waals surface area (Å²) in [4.78, 5) is 18.4. The minimum Gasteiger partial charge on any atom is -0.336 e. The summed E-state index contributed by atoms with van der Waals surface area (Å²) >= 11 is 6.29. The maximum atomic E-state index is 13.8. The molecule has 0 aliphatic carbocycles. The third-order valence-electron chi connectivity index (χ3n) is 4.78. The van der Waals surface area contributed by atoms with Gasteiger partial charge in [0.05, 0.1) is 5.69 Å². The van der Waals surface area contributed by atoms with Crippen LogP contribution in [-0.2, 0) is 12.7 Å². The van der Waals surface area contributed by atoms with Crippen LogP contribution in [0, 0.1) is 5.82 Å². The lowest BCUT2D eigenvalue weighted by atomic mass is 10.1. The normalized spacial score (nSPS) is 11.7. The Morgan fingerprint density at radius 2 is 1.75 bits per heavy atom. The summed E-state index contributed by atoms with van der Waals surface area (Å²) in [6.45, 7) is 0.213. The van der Waals surface area contributed by atoms with Gasteiger partial charge in [-0.2, -0.15) is 18.3 Å². The van der Waals surface area contributed by atoms with E-state index < -0.39 is 23.6 Å². The van der Waals surface area contributed by atoms with Gasteiger partial charge in [-0.1, -0.05) is 41.9 Å². The van der Waals surface area contributed by atoms with Gasteiger partial charge in [0, 0.05) is 19.2 Å². The quantitative estimate of drug-likeness (QED) is 0.377. The fourth-order valence-corrected chi connectivity index (χ4v) is 3.45. The van der Waals surface area contributed by atoms with Gasteiger partial charge in [-0.05, 0) is 35.9 Å². The van der Waals surface area contributed by atoms with Crippen molar-refractivity contribution in [2.75, 3.05) is 7.05 Å². The zero-order valence-electron chi connectivity index (χ0n) is 16.6. The second-order valence-electron chi connectivity index (χ2n) is 7.08. The van der Waals surface area contributed by atoms with Crippen molar-refractivity contribution in [2.45, 2.75) is 12.7 Å². The van der Waals surface area contributed by atoms with E-state index in [4.69, 9.17) is 11.6 Å². The van der Waals surface area contributed by atoms with Crippen molar-refractivity contribution in [3.05, 3.63) is 88.5 Å². The number of carbonyl (C=O) groups is 1. The van der Waals surface area contributed by atoms with Crippen LogP contribution in [0.15, 0.2) is 60.7 Å². The van der Waals surface area contributed by atoms with Crippen LogP contribution in [0.2, 0.25) is 5.02 Å². The molecule has 0 radical (unpaired) electrons. The molecule has 0 spiro atoms. The molecule has 0 fully saturated rings. The summed E-state index contributed by atoms with van der Waals surface area (Å²) in [6, 6.07) is 14.7. The van der Waals surface area contributed by atoms with Gasteiger partial charge in [-0.3, -0.25) is 4.79 Å². The van der Waals surface area contributed by atoms with Gasteiger partial charge in [0.1, 0.15) is 10.8 Å². The number of fused-ring (bicyclic) bond motifs is 1. The average Bonchev–Trinajstić information content (AvgIpc) is 3.09. The minimum atomic E-state index is -4.80. The van der Waals surface area contributed by atoms with Crippen molar-refractivity contribution in [1.82, 2.24) is 19.5 Å². The zero-order valence-corrected chi connectivity index (χ0v) is 17.3. The fraction of sp³-hybridized carbons (Fsp3) is 0.136. The SMILES string of the molecule is CN(Cc1ccccc1)C(=O)c1nn2c(C(F)(F)F)cc(-c3ccc(F)cc3)nc2c1Cl. The molecule has 0 aliphatic rings. The summed E-state index contributed by atoms with van der Waals surface area (Å²) in [5.41, 5.74) is -0.824. The minimum absolute atomic E-state index is 0.0803. The molecular weight excluding hydrogens is 448 g/mol.